The zero-order valence-electron chi connectivity index (χ0n) is 16.7. The van der Waals surface area contributed by atoms with Crippen LogP contribution in [0.5, 0.6) is 5.75 Å². The van der Waals surface area contributed by atoms with Gasteiger partial charge in [-0.05, 0) is 43.4 Å². The SMILES string of the molecule is Cc1ccc(C(C)C)c(OCC(=O)NNC(=O)C2CSC3(C)CCC(=O)N23)c1. The molecule has 2 heterocycles. The largest absolute Gasteiger partial charge is 0.483 e. The van der Waals surface area contributed by atoms with Gasteiger partial charge in [-0.1, -0.05) is 26.0 Å². The number of amides is 3. The third-order valence-corrected chi connectivity index (χ3v) is 6.73. The molecule has 2 N–H and O–H groups in total. The minimum atomic E-state index is -0.560. The number of rotatable bonds is 5. The number of benzene rings is 1. The molecule has 152 valence electrons. The van der Waals surface area contributed by atoms with Gasteiger partial charge in [0.15, 0.2) is 6.61 Å². The first kappa shape index (κ1) is 20.5. The molecule has 7 nitrogen and oxygen atoms in total. The topological polar surface area (TPSA) is 87.7 Å². The predicted molar refractivity (Wildman–Crippen MR) is 108 cm³/mol. The number of aryl methyl sites for hydroxylation is 1. The average molecular weight is 406 g/mol. The van der Waals surface area contributed by atoms with Crippen molar-refractivity contribution in [2.75, 3.05) is 12.4 Å². The van der Waals surface area contributed by atoms with E-state index >= 15 is 0 Å². The number of hydrogen-bond acceptors (Lipinski definition) is 5. The first-order valence-corrected chi connectivity index (χ1v) is 10.5. The molecule has 0 saturated carbocycles. The van der Waals surface area contributed by atoms with E-state index < -0.39 is 11.9 Å². The molecule has 1 aromatic rings. The van der Waals surface area contributed by atoms with E-state index in [4.69, 9.17) is 4.74 Å². The molecule has 2 fully saturated rings. The Balaban J connectivity index is 1.52. The minimum Gasteiger partial charge on any atom is -0.483 e. The molecule has 2 atom stereocenters. The molecule has 2 aliphatic rings. The van der Waals surface area contributed by atoms with E-state index in [1.807, 2.05) is 32.0 Å². The van der Waals surface area contributed by atoms with Crippen LogP contribution in [-0.2, 0) is 14.4 Å². The molecule has 3 rings (SSSR count). The van der Waals surface area contributed by atoms with Crippen LogP contribution in [0.1, 0.15) is 50.7 Å². The Morgan fingerprint density at radius 2 is 2.11 bits per heavy atom. The van der Waals surface area contributed by atoms with Gasteiger partial charge in [-0.2, -0.15) is 0 Å². The lowest BCUT2D eigenvalue weighted by atomic mass is 10.0. The maximum absolute atomic E-state index is 12.5. The molecule has 0 radical (unpaired) electrons. The fourth-order valence-corrected chi connectivity index (χ4v) is 5.08. The summed E-state index contributed by atoms with van der Waals surface area (Å²) in [5, 5.41) is 0. The number of hydrazine groups is 1. The van der Waals surface area contributed by atoms with Crippen molar-refractivity contribution in [1.82, 2.24) is 15.8 Å². The fourth-order valence-electron chi connectivity index (χ4n) is 3.65. The van der Waals surface area contributed by atoms with Crippen LogP contribution in [-0.4, -0.2) is 45.9 Å². The molecule has 3 amide bonds. The number of hydrogen-bond donors (Lipinski definition) is 2. The Morgan fingerprint density at radius 3 is 2.82 bits per heavy atom. The first-order valence-electron chi connectivity index (χ1n) is 9.49. The summed E-state index contributed by atoms with van der Waals surface area (Å²) < 4.78 is 5.67. The number of carbonyl (C=O) groups excluding carboxylic acids is 3. The summed E-state index contributed by atoms with van der Waals surface area (Å²) in [5.74, 6) is 0.626. The van der Waals surface area contributed by atoms with Crippen molar-refractivity contribution in [2.24, 2.45) is 0 Å². The molecule has 8 heteroatoms. The Morgan fingerprint density at radius 1 is 1.36 bits per heavy atom. The van der Waals surface area contributed by atoms with Crippen molar-refractivity contribution in [3.8, 4) is 5.75 Å². The molecule has 0 aromatic heterocycles. The summed E-state index contributed by atoms with van der Waals surface area (Å²) in [5.41, 5.74) is 6.90. The second kappa shape index (κ2) is 8.03. The highest BCUT2D eigenvalue weighted by Gasteiger charge is 2.52. The Kier molecular flexibility index (Phi) is 5.88. The highest BCUT2D eigenvalue weighted by molar-refractivity contribution is 8.01. The minimum absolute atomic E-state index is 0.0111. The molecule has 2 saturated heterocycles. The lowest BCUT2D eigenvalue weighted by Crippen LogP contribution is -2.54. The van der Waals surface area contributed by atoms with Crippen LogP contribution in [0.3, 0.4) is 0 Å². The zero-order chi connectivity index (χ0) is 20.5. The summed E-state index contributed by atoms with van der Waals surface area (Å²) >= 11 is 1.61. The van der Waals surface area contributed by atoms with Crippen LogP contribution in [0.25, 0.3) is 0 Å². The Hall–Kier alpha value is -2.22. The maximum Gasteiger partial charge on any atom is 0.276 e. The molecule has 2 aliphatic heterocycles. The van der Waals surface area contributed by atoms with Crippen molar-refractivity contribution in [1.29, 1.82) is 0 Å². The van der Waals surface area contributed by atoms with Gasteiger partial charge in [0.1, 0.15) is 11.8 Å². The summed E-state index contributed by atoms with van der Waals surface area (Å²) in [6, 6.07) is 5.35. The predicted octanol–water partition coefficient (Wildman–Crippen LogP) is 2.10. The van der Waals surface area contributed by atoms with Crippen LogP contribution in [0.2, 0.25) is 0 Å². The first-order chi connectivity index (χ1) is 13.2. The van der Waals surface area contributed by atoms with Crippen LogP contribution in [0, 0.1) is 6.92 Å². The van der Waals surface area contributed by atoms with Crippen LogP contribution in [0.15, 0.2) is 18.2 Å². The molecule has 0 bridgehead atoms. The summed E-state index contributed by atoms with van der Waals surface area (Å²) in [6.45, 7) is 7.86. The second-order valence-electron chi connectivity index (χ2n) is 7.79. The molecular formula is C20H27N3O4S. The van der Waals surface area contributed by atoms with Gasteiger partial charge < -0.3 is 9.64 Å². The Labute approximate surface area is 169 Å². The summed E-state index contributed by atoms with van der Waals surface area (Å²) in [4.78, 5) is 38.0. The number of ether oxygens (including phenoxy) is 1. The molecule has 2 unspecified atom stereocenters. The number of nitrogens with zero attached hydrogens (tertiary/aromatic N) is 1. The average Bonchev–Trinajstić information content (AvgIpc) is 3.13. The van der Waals surface area contributed by atoms with Crippen LogP contribution >= 0.6 is 11.8 Å². The van der Waals surface area contributed by atoms with E-state index in [-0.39, 0.29) is 29.2 Å². The van der Waals surface area contributed by atoms with Crippen molar-refractivity contribution in [2.45, 2.75) is 57.4 Å². The van der Waals surface area contributed by atoms with Crippen molar-refractivity contribution >= 4 is 29.5 Å². The highest BCUT2D eigenvalue weighted by atomic mass is 32.2. The van der Waals surface area contributed by atoms with Gasteiger partial charge in [0.25, 0.3) is 11.8 Å². The highest BCUT2D eigenvalue weighted by Crippen LogP contribution is 2.47. The summed E-state index contributed by atoms with van der Waals surface area (Å²) in [7, 11) is 0. The van der Waals surface area contributed by atoms with Gasteiger partial charge in [-0.15, -0.1) is 11.8 Å². The third kappa shape index (κ3) is 4.11. The fraction of sp³-hybridized carbons (Fsp3) is 0.550. The molecular weight excluding hydrogens is 378 g/mol. The summed E-state index contributed by atoms with van der Waals surface area (Å²) in [6.07, 6.45) is 1.21. The Bertz CT molecular complexity index is 798. The zero-order valence-corrected chi connectivity index (χ0v) is 17.5. The van der Waals surface area contributed by atoms with Crippen LogP contribution in [0.4, 0.5) is 0 Å². The van der Waals surface area contributed by atoms with Crippen molar-refractivity contribution in [3.05, 3.63) is 29.3 Å². The number of nitrogens with one attached hydrogen (secondary N) is 2. The standard InChI is InChI=1S/C20H27N3O4S/c1-12(2)14-6-5-13(3)9-16(14)27-10-17(24)21-22-19(26)15-11-28-20(4)8-7-18(25)23(15)20/h5-6,9,12,15H,7-8,10-11H2,1-4H3,(H,21,24)(H,22,26). The normalized spacial score (nSPS) is 23.7. The number of carbonyl (C=O) groups is 3. The van der Waals surface area contributed by atoms with E-state index in [0.29, 0.717) is 17.9 Å². The lowest BCUT2D eigenvalue weighted by molar-refractivity contribution is -0.139. The van der Waals surface area contributed by atoms with Gasteiger partial charge in [0, 0.05) is 12.2 Å². The lowest BCUT2D eigenvalue weighted by Gasteiger charge is -2.29. The van der Waals surface area contributed by atoms with Gasteiger partial charge in [0.2, 0.25) is 5.91 Å². The van der Waals surface area contributed by atoms with E-state index in [2.05, 4.69) is 24.7 Å². The van der Waals surface area contributed by atoms with Gasteiger partial charge >= 0.3 is 0 Å². The van der Waals surface area contributed by atoms with Crippen molar-refractivity contribution in [3.63, 3.8) is 0 Å². The molecule has 28 heavy (non-hydrogen) atoms. The smallest absolute Gasteiger partial charge is 0.276 e. The quantitative estimate of drug-likeness (QED) is 0.733. The molecule has 1 aromatic carbocycles. The van der Waals surface area contributed by atoms with E-state index in [1.54, 1.807) is 16.7 Å². The van der Waals surface area contributed by atoms with Gasteiger partial charge in [-0.3, -0.25) is 25.2 Å². The van der Waals surface area contributed by atoms with E-state index in [0.717, 1.165) is 17.5 Å². The third-order valence-electron chi connectivity index (χ3n) is 5.22. The second-order valence-corrected chi connectivity index (χ2v) is 9.29. The van der Waals surface area contributed by atoms with Gasteiger partial charge in [0.05, 0.1) is 4.87 Å². The van der Waals surface area contributed by atoms with Gasteiger partial charge in [-0.25, -0.2) is 0 Å². The number of fused-ring (bicyclic) bond motifs is 1. The number of thioether (sulfide) groups is 1. The van der Waals surface area contributed by atoms with Crippen molar-refractivity contribution < 1.29 is 19.1 Å². The van der Waals surface area contributed by atoms with E-state index in [1.165, 1.54) is 0 Å². The van der Waals surface area contributed by atoms with E-state index in [9.17, 15) is 14.4 Å². The monoisotopic (exact) mass is 405 g/mol. The maximum atomic E-state index is 12.5. The molecule has 0 aliphatic carbocycles. The van der Waals surface area contributed by atoms with Crippen LogP contribution < -0.4 is 15.6 Å². The molecule has 0 spiro atoms.